The molecule has 1 aliphatic rings. The average molecular weight is 306 g/mol. The molecule has 6 heteroatoms. The molecule has 1 aromatic carbocycles. The van der Waals surface area contributed by atoms with Gasteiger partial charge in [0.15, 0.2) is 0 Å². The van der Waals surface area contributed by atoms with E-state index < -0.39 is 16.1 Å². The van der Waals surface area contributed by atoms with Crippen molar-refractivity contribution in [2.75, 3.05) is 6.54 Å². The third-order valence-corrected chi connectivity index (χ3v) is 5.22. The number of nitrogens with zero attached hydrogens (tertiary/aromatic N) is 1. The highest BCUT2D eigenvalue weighted by molar-refractivity contribution is 7.89. The molecule has 1 unspecified atom stereocenters. The van der Waals surface area contributed by atoms with E-state index >= 15 is 0 Å². The third-order valence-electron chi connectivity index (χ3n) is 3.76. The van der Waals surface area contributed by atoms with E-state index in [1.165, 1.54) is 0 Å². The van der Waals surface area contributed by atoms with Crippen molar-refractivity contribution in [3.8, 4) is 0 Å². The molecular formula is C15H18N2O3S. The summed E-state index contributed by atoms with van der Waals surface area (Å²) < 4.78 is 27.4. The van der Waals surface area contributed by atoms with Crippen LogP contribution in [0.2, 0.25) is 0 Å². The van der Waals surface area contributed by atoms with E-state index in [1.54, 1.807) is 12.1 Å². The lowest BCUT2D eigenvalue weighted by Crippen LogP contribution is -2.33. The molecule has 1 fully saturated rings. The van der Waals surface area contributed by atoms with Crippen LogP contribution in [0.5, 0.6) is 0 Å². The molecule has 2 N–H and O–H groups in total. The third kappa shape index (κ3) is 3.07. The normalized spacial score (nSPS) is 17.0. The summed E-state index contributed by atoms with van der Waals surface area (Å²) in [5.41, 5.74) is 1.23. The van der Waals surface area contributed by atoms with Gasteiger partial charge in [-0.15, -0.1) is 0 Å². The van der Waals surface area contributed by atoms with E-state index in [9.17, 15) is 13.5 Å². The van der Waals surface area contributed by atoms with Gasteiger partial charge in [0, 0.05) is 17.6 Å². The number of pyridine rings is 1. The lowest BCUT2D eigenvalue weighted by molar-refractivity contribution is 0.155. The van der Waals surface area contributed by atoms with Crippen molar-refractivity contribution >= 4 is 20.9 Å². The van der Waals surface area contributed by atoms with Crippen molar-refractivity contribution in [2.45, 2.75) is 30.8 Å². The molecule has 0 amide bonds. The van der Waals surface area contributed by atoms with Gasteiger partial charge < -0.3 is 5.11 Å². The summed E-state index contributed by atoms with van der Waals surface area (Å²) in [6, 6.07) is 8.78. The SMILES string of the molecule is Cc1ccc2cccc(S(=O)(=O)NCC(O)C3CC3)c2n1. The highest BCUT2D eigenvalue weighted by Crippen LogP contribution is 2.32. The topological polar surface area (TPSA) is 79.3 Å². The van der Waals surface area contributed by atoms with Crippen molar-refractivity contribution in [3.05, 3.63) is 36.0 Å². The van der Waals surface area contributed by atoms with Crippen molar-refractivity contribution in [2.24, 2.45) is 5.92 Å². The molecule has 21 heavy (non-hydrogen) atoms. The van der Waals surface area contributed by atoms with Crippen molar-refractivity contribution in [1.29, 1.82) is 0 Å². The van der Waals surface area contributed by atoms with Crippen LogP contribution in [-0.4, -0.2) is 31.2 Å². The predicted octanol–water partition coefficient (Wildman–Crippen LogP) is 1.59. The molecule has 0 saturated heterocycles. The second-order valence-electron chi connectivity index (χ2n) is 5.54. The van der Waals surface area contributed by atoms with Gasteiger partial charge in [0.2, 0.25) is 10.0 Å². The number of fused-ring (bicyclic) bond motifs is 1. The summed E-state index contributed by atoms with van der Waals surface area (Å²) in [6.07, 6.45) is 1.33. The lowest BCUT2D eigenvalue weighted by atomic mass is 10.2. The maximum absolute atomic E-state index is 12.4. The number of hydrogen-bond acceptors (Lipinski definition) is 4. The fourth-order valence-corrected chi connectivity index (χ4v) is 3.58. The number of aliphatic hydroxyl groups excluding tert-OH is 1. The molecule has 0 aliphatic heterocycles. The Morgan fingerprint density at radius 3 is 2.81 bits per heavy atom. The van der Waals surface area contributed by atoms with E-state index in [4.69, 9.17) is 0 Å². The number of benzene rings is 1. The quantitative estimate of drug-likeness (QED) is 0.879. The Morgan fingerprint density at radius 2 is 2.10 bits per heavy atom. The Balaban J connectivity index is 1.92. The molecule has 1 aromatic heterocycles. The minimum atomic E-state index is -3.68. The minimum absolute atomic E-state index is 0.0508. The van der Waals surface area contributed by atoms with Crippen molar-refractivity contribution < 1.29 is 13.5 Å². The number of aryl methyl sites for hydroxylation is 1. The summed E-state index contributed by atoms with van der Waals surface area (Å²) in [4.78, 5) is 4.49. The number of hydrogen-bond donors (Lipinski definition) is 2. The summed E-state index contributed by atoms with van der Waals surface area (Å²) >= 11 is 0. The Labute approximate surface area is 124 Å². The fraction of sp³-hybridized carbons (Fsp3) is 0.400. The Hall–Kier alpha value is -1.50. The van der Waals surface area contributed by atoms with Gasteiger partial charge in [0.1, 0.15) is 4.90 Å². The smallest absolute Gasteiger partial charge is 0.242 e. The molecule has 0 spiro atoms. The summed E-state index contributed by atoms with van der Waals surface area (Å²) in [5.74, 6) is 0.237. The van der Waals surface area contributed by atoms with Crippen molar-refractivity contribution in [3.63, 3.8) is 0 Å². The second kappa shape index (κ2) is 5.36. The first-order chi connectivity index (χ1) is 9.97. The Kier molecular flexibility index (Phi) is 3.69. The van der Waals surface area contributed by atoms with Crippen LogP contribution in [0.4, 0.5) is 0 Å². The Morgan fingerprint density at radius 1 is 1.33 bits per heavy atom. The lowest BCUT2D eigenvalue weighted by Gasteiger charge is -2.12. The van der Waals surface area contributed by atoms with E-state index in [0.717, 1.165) is 23.9 Å². The number of rotatable bonds is 5. The highest BCUT2D eigenvalue weighted by Gasteiger charge is 2.30. The summed E-state index contributed by atoms with van der Waals surface area (Å²) in [6.45, 7) is 1.88. The van der Waals surface area contributed by atoms with Gasteiger partial charge in [0.05, 0.1) is 11.6 Å². The fourth-order valence-electron chi connectivity index (χ4n) is 2.35. The van der Waals surface area contributed by atoms with Crippen LogP contribution in [-0.2, 0) is 10.0 Å². The average Bonchev–Trinajstić information content (AvgIpc) is 3.28. The number of nitrogens with one attached hydrogen (secondary N) is 1. The predicted molar refractivity (Wildman–Crippen MR) is 80.4 cm³/mol. The maximum atomic E-state index is 12.4. The van der Waals surface area contributed by atoms with Crippen LogP contribution in [0.1, 0.15) is 18.5 Å². The van der Waals surface area contributed by atoms with Crippen LogP contribution < -0.4 is 4.72 Å². The largest absolute Gasteiger partial charge is 0.391 e. The highest BCUT2D eigenvalue weighted by atomic mass is 32.2. The number of sulfonamides is 1. The molecule has 5 nitrogen and oxygen atoms in total. The van der Waals surface area contributed by atoms with Gasteiger partial charge in [-0.1, -0.05) is 18.2 Å². The van der Waals surface area contributed by atoms with E-state index in [-0.39, 0.29) is 17.4 Å². The van der Waals surface area contributed by atoms with Gasteiger partial charge in [-0.2, -0.15) is 0 Å². The first kappa shape index (κ1) is 14.4. The first-order valence-electron chi connectivity index (χ1n) is 7.01. The van der Waals surface area contributed by atoms with Gasteiger partial charge in [-0.25, -0.2) is 13.1 Å². The van der Waals surface area contributed by atoms with Crippen LogP contribution >= 0.6 is 0 Å². The molecule has 1 saturated carbocycles. The van der Waals surface area contributed by atoms with Crippen molar-refractivity contribution in [1.82, 2.24) is 9.71 Å². The van der Waals surface area contributed by atoms with Crippen LogP contribution in [0.15, 0.2) is 35.2 Å². The van der Waals surface area contributed by atoms with Crippen LogP contribution in [0, 0.1) is 12.8 Å². The van der Waals surface area contributed by atoms with Gasteiger partial charge in [-0.3, -0.25) is 4.98 Å². The van der Waals surface area contributed by atoms with Gasteiger partial charge >= 0.3 is 0 Å². The van der Waals surface area contributed by atoms with E-state index in [1.807, 2.05) is 25.1 Å². The van der Waals surface area contributed by atoms with E-state index in [0.29, 0.717) is 5.52 Å². The van der Waals surface area contributed by atoms with E-state index in [2.05, 4.69) is 9.71 Å². The standard InChI is InChI=1S/C15H18N2O3S/c1-10-5-6-12-3-2-4-14(15(12)17-10)21(19,20)16-9-13(18)11-7-8-11/h2-6,11,13,16,18H,7-9H2,1H3. The zero-order valence-corrected chi connectivity index (χ0v) is 12.6. The summed E-state index contributed by atoms with van der Waals surface area (Å²) in [5, 5.41) is 10.6. The maximum Gasteiger partial charge on any atom is 0.242 e. The van der Waals surface area contributed by atoms with Gasteiger partial charge in [0.25, 0.3) is 0 Å². The zero-order chi connectivity index (χ0) is 15.0. The first-order valence-corrected chi connectivity index (χ1v) is 8.50. The molecule has 3 rings (SSSR count). The van der Waals surface area contributed by atoms with Crippen LogP contribution in [0.25, 0.3) is 10.9 Å². The number of para-hydroxylation sites is 1. The zero-order valence-electron chi connectivity index (χ0n) is 11.8. The molecule has 1 aliphatic carbocycles. The summed E-state index contributed by atoms with van der Waals surface area (Å²) in [7, 11) is -3.68. The monoisotopic (exact) mass is 306 g/mol. The number of aliphatic hydroxyl groups is 1. The van der Waals surface area contributed by atoms with Crippen LogP contribution in [0.3, 0.4) is 0 Å². The molecular weight excluding hydrogens is 288 g/mol. The molecule has 0 bridgehead atoms. The molecule has 112 valence electrons. The molecule has 1 atom stereocenters. The minimum Gasteiger partial charge on any atom is -0.391 e. The Bertz CT molecular complexity index is 770. The molecule has 1 heterocycles. The number of aromatic nitrogens is 1. The second-order valence-corrected chi connectivity index (χ2v) is 7.27. The molecule has 0 radical (unpaired) electrons. The molecule has 2 aromatic rings. The van der Waals surface area contributed by atoms with Gasteiger partial charge in [-0.05, 0) is 37.8 Å².